The summed E-state index contributed by atoms with van der Waals surface area (Å²) in [6.07, 6.45) is 2.68. The van der Waals surface area contributed by atoms with Crippen LogP contribution in [0.1, 0.15) is 51.4 Å². The van der Waals surface area contributed by atoms with E-state index in [1.807, 2.05) is 0 Å². The predicted octanol–water partition coefficient (Wildman–Crippen LogP) is 5.61. The van der Waals surface area contributed by atoms with Crippen molar-refractivity contribution in [1.29, 1.82) is 0 Å². The van der Waals surface area contributed by atoms with Crippen LogP contribution in [0.3, 0.4) is 0 Å². The Labute approximate surface area is 144 Å². The highest BCUT2D eigenvalue weighted by Crippen LogP contribution is 2.41. The van der Waals surface area contributed by atoms with Crippen LogP contribution in [0.25, 0.3) is 0 Å². The van der Waals surface area contributed by atoms with Crippen molar-refractivity contribution in [3.8, 4) is 17.2 Å². The average Bonchev–Trinajstić information content (AvgIpc) is 3.00. The van der Waals surface area contributed by atoms with E-state index in [4.69, 9.17) is 9.47 Å². The summed E-state index contributed by atoms with van der Waals surface area (Å²) >= 11 is 0. The smallest absolute Gasteiger partial charge is 0.490 e. The van der Waals surface area contributed by atoms with E-state index < -0.39 is 17.9 Å². The molecule has 3 nitrogen and oxygen atoms in total. The van der Waals surface area contributed by atoms with Crippen LogP contribution in [0.4, 0.5) is 17.6 Å². The molecule has 2 saturated carbocycles. The van der Waals surface area contributed by atoms with Gasteiger partial charge in [0.05, 0.1) is 12.7 Å². The van der Waals surface area contributed by atoms with E-state index in [9.17, 15) is 17.6 Å². The lowest BCUT2D eigenvalue weighted by Gasteiger charge is -2.27. The number of hydrogen-bond acceptors (Lipinski definition) is 3. The fourth-order valence-electron chi connectivity index (χ4n) is 3.24. The van der Waals surface area contributed by atoms with Crippen LogP contribution in [0, 0.1) is 11.7 Å². The Balaban J connectivity index is 1.71. The first-order valence-electron chi connectivity index (χ1n) is 8.80. The second kappa shape index (κ2) is 7.70. The minimum atomic E-state index is -5.00. The molecule has 2 fully saturated rings. The number of hydrogen-bond donors (Lipinski definition) is 0. The van der Waals surface area contributed by atoms with Gasteiger partial charge in [-0.25, -0.2) is 0 Å². The van der Waals surface area contributed by atoms with Gasteiger partial charge in [-0.2, -0.15) is 4.39 Å². The molecular formula is C18H22F4O3. The SMILES string of the molecule is Fc1c(OC2CCC2)ccc(OCCC2CCCC2)c1OC(F)(F)F. The monoisotopic (exact) mass is 362 g/mol. The molecule has 140 valence electrons. The Bertz CT molecular complexity index is 578. The molecule has 25 heavy (non-hydrogen) atoms. The largest absolute Gasteiger partial charge is 0.573 e. The van der Waals surface area contributed by atoms with Gasteiger partial charge >= 0.3 is 6.36 Å². The number of halogens is 4. The second-order valence-electron chi connectivity index (χ2n) is 6.71. The predicted molar refractivity (Wildman–Crippen MR) is 83.4 cm³/mol. The number of benzene rings is 1. The van der Waals surface area contributed by atoms with Crippen molar-refractivity contribution in [3.63, 3.8) is 0 Å². The maximum absolute atomic E-state index is 14.5. The van der Waals surface area contributed by atoms with E-state index in [2.05, 4.69) is 4.74 Å². The van der Waals surface area contributed by atoms with Crippen molar-refractivity contribution in [3.05, 3.63) is 17.9 Å². The fourth-order valence-corrected chi connectivity index (χ4v) is 3.24. The van der Waals surface area contributed by atoms with Crippen LogP contribution in [0.15, 0.2) is 12.1 Å². The van der Waals surface area contributed by atoms with E-state index in [0.29, 0.717) is 5.92 Å². The van der Waals surface area contributed by atoms with Crippen LogP contribution in [-0.4, -0.2) is 19.1 Å². The first kappa shape index (κ1) is 18.1. The lowest BCUT2D eigenvalue weighted by molar-refractivity contribution is -0.276. The molecule has 2 aliphatic rings. The zero-order chi connectivity index (χ0) is 17.9. The minimum Gasteiger partial charge on any atom is -0.490 e. The molecule has 0 aliphatic heterocycles. The maximum atomic E-state index is 14.5. The third-order valence-electron chi connectivity index (χ3n) is 4.85. The zero-order valence-corrected chi connectivity index (χ0v) is 13.9. The molecule has 0 aromatic heterocycles. The van der Waals surface area contributed by atoms with E-state index in [-0.39, 0.29) is 24.2 Å². The topological polar surface area (TPSA) is 27.7 Å². The summed E-state index contributed by atoms with van der Waals surface area (Å²) in [7, 11) is 0. The minimum absolute atomic E-state index is 0.151. The van der Waals surface area contributed by atoms with Gasteiger partial charge in [0, 0.05) is 0 Å². The van der Waals surface area contributed by atoms with Gasteiger partial charge < -0.3 is 14.2 Å². The first-order valence-corrected chi connectivity index (χ1v) is 8.80. The molecule has 0 amide bonds. The highest BCUT2D eigenvalue weighted by Gasteiger charge is 2.35. The zero-order valence-electron chi connectivity index (χ0n) is 13.9. The van der Waals surface area contributed by atoms with Gasteiger partial charge in [0.25, 0.3) is 0 Å². The molecule has 0 spiro atoms. The van der Waals surface area contributed by atoms with Crippen molar-refractivity contribution >= 4 is 0 Å². The Morgan fingerprint density at radius 1 is 0.960 bits per heavy atom. The molecular weight excluding hydrogens is 340 g/mol. The van der Waals surface area contributed by atoms with Crippen molar-refractivity contribution in [2.24, 2.45) is 5.92 Å². The Kier molecular flexibility index (Phi) is 5.59. The van der Waals surface area contributed by atoms with Gasteiger partial charge in [0.1, 0.15) is 0 Å². The first-order chi connectivity index (χ1) is 11.9. The van der Waals surface area contributed by atoms with E-state index in [0.717, 1.165) is 38.5 Å². The summed E-state index contributed by atoms with van der Waals surface area (Å²) in [5.74, 6) is -2.06. The van der Waals surface area contributed by atoms with Crippen LogP contribution in [0.2, 0.25) is 0 Å². The van der Waals surface area contributed by atoms with Crippen LogP contribution >= 0.6 is 0 Å². The molecule has 2 aliphatic carbocycles. The van der Waals surface area contributed by atoms with Crippen LogP contribution in [0.5, 0.6) is 17.2 Å². The fraction of sp³-hybridized carbons (Fsp3) is 0.667. The summed E-state index contributed by atoms with van der Waals surface area (Å²) in [6, 6.07) is 2.59. The van der Waals surface area contributed by atoms with Crippen LogP contribution < -0.4 is 14.2 Å². The summed E-state index contributed by atoms with van der Waals surface area (Å²) in [5.41, 5.74) is 0. The Morgan fingerprint density at radius 3 is 2.24 bits per heavy atom. The molecule has 3 rings (SSSR count). The van der Waals surface area contributed by atoms with Gasteiger partial charge in [-0.05, 0) is 43.7 Å². The van der Waals surface area contributed by atoms with Gasteiger partial charge in [-0.3, -0.25) is 0 Å². The lowest BCUT2D eigenvalue weighted by atomic mass is 9.96. The molecule has 0 heterocycles. The molecule has 7 heteroatoms. The molecule has 0 N–H and O–H groups in total. The molecule has 1 aromatic rings. The summed E-state index contributed by atoms with van der Waals surface area (Å²) in [5, 5.41) is 0. The van der Waals surface area contributed by atoms with E-state index >= 15 is 0 Å². The number of alkyl halides is 3. The Morgan fingerprint density at radius 2 is 1.64 bits per heavy atom. The van der Waals surface area contributed by atoms with Crippen LogP contribution in [-0.2, 0) is 0 Å². The summed E-state index contributed by atoms with van der Waals surface area (Å²) < 4.78 is 67.1. The average molecular weight is 362 g/mol. The third-order valence-corrected chi connectivity index (χ3v) is 4.85. The third kappa shape index (κ3) is 4.92. The van der Waals surface area contributed by atoms with Gasteiger partial charge in [-0.15, -0.1) is 13.2 Å². The standard InChI is InChI=1S/C18H22F4O3/c19-16-14(24-13-6-3-7-13)8-9-15(17(16)25-18(20,21)22)23-11-10-12-4-1-2-5-12/h8-9,12-13H,1-7,10-11H2. The molecule has 1 aromatic carbocycles. The van der Waals surface area contributed by atoms with E-state index in [1.54, 1.807) is 0 Å². The number of rotatable bonds is 7. The molecule has 0 bridgehead atoms. The lowest BCUT2D eigenvalue weighted by Crippen LogP contribution is -2.25. The van der Waals surface area contributed by atoms with Crippen molar-refractivity contribution in [2.75, 3.05) is 6.61 Å². The van der Waals surface area contributed by atoms with Gasteiger partial charge in [0.15, 0.2) is 11.5 Å². The van der Waals surface area contributed by atoms with Gasteiger partial charge in [0.2, 0.25) is 11.6 Å². The molecule has 0 atom stereocenters. The Hall–Kier alpha value is -1.66. The summed E-state index contributed by atoms with van der Waals surface area (Å²) in [6.45, 7) is 0.237. The van der Waals surface area contributed by atoms with Crippen molar-refractivity contribution in [1.82, 2.24) is 0 Å². The van der Waals surface area contributed by atoms with Crippen molar-refractivity contribution in [2.45, 2.75) is 63.8 Å². The molecule has 0 radical (unpaired) electrons. The normalized spacial score (nSPS) is 18.9. The highest BCUT2D eigenvalue weighted by molar-refractivity contribution is 5.47. The van der Waals surface area contributed by atoms with Gasteiger partial charge in [-0.1, -0.05) is 25.7 Å². The van der Waals surface area contributed by atoms with Crippen molar-refractivity contribution < 1.29 is 31.8 Å². The molecule has 0 unspecified atom stereocenters. The molecule has 0 saturated heterocycles. The summed E-state index contributed by atoms with van der Waals surface area (Å²) in [4.78, 5) is 0. The second-order valence-corrected chi connectivity index (χ2v) is 6.71. The number of ether oxygens (including phenoxy) is 3. The highest BCUT2D eigenvalue weighted by atomic mass is 19.4. The van der Waals surface area contributed by atoms with E-state index in [1.165, 1.54) is 25.0 Å². The maximum Gasteiger partial charge on any atom is 0.573 e. The quantitative estimate of drug-likeness (QED) is 0.590.